The number of rotatable bonds is 7. The first-order valence-corrected chi connectivity index (χ1v) is 10.4. The average Bonchev–Trinajstić information content (AvgIpc) is 2.91. The van der Waals surface area contributed by atoms with Crippen LogP contribution in [-0.2, 0) is 16.6 Å². The molecule has 0 aliphatic carbocycles. The van der Waals surface area contributed by atoms with Crippen molar-refractivity contribution < 1.29 is 13.2 Å². The maximum absolute atomic E-state index is 12.4. The molecule has 0 atom stereocenters. The first-order chi connectivity index (χ1) is 11.8. The Morgan fingerprint density at radius 1 is 1.16 bits per heavy atom. The molecule has 1 amide bonds. The molecule has 0 saturated carbocycles. The third kappa shape index (κ3) is 4.45. The van der Waals surface area contributed by atoms with Crippen molar-refractivity contribution in [3.8, 4) is 0 Å². The number of sulfonamides is 1. The van der Waals surface area contributed by atoms with Gasteiger partial charge in [-0.1, -0.05) is 13.8 Å². The number of carbonyl (C=O) groups excluding carboxylic acids is 1. The zero-order valence-electron chi connectivity index (χ0n) is 14.9. The van der Waals surface area contributed by atoms with Crippen LogP contribution in [0.5, 0.6) is 0 Å². The Bertz CT molecular complexity index is 839. The van der Waals surface area contributed by atoms with Gasteiger partial charge in [-0.05, 0) is 38.1 Å². The zero-order chi connectivity index (χ0) is 18.6. The average molecular weight is 382 g/mol. The molecule has 1 heterocycles. The summed E-state index contributed by atoms with van der Waals surface area (Å²) in [7, 11) is -3.51. The molecule has 0 bridgehead atoms. The predicted octanol–water partition coefficient (Wildman–Crippen LogP) is 2.72. The molecule has 0 aliphatic heterocycles. The number of nitrogens with one attached hydrogen (secondary N) is 1. The number of carbonyl (C=O) groups is 1. The van der Waals surface area contributed by atoms with Crippen LogP contribution in [0.1, 0.15) is 39.8 Å². The van der Waals surface area contributed by atoms with Crippen LogP contribution in [0.4, 0.5) is 0 Å². The maximum Gasteiger partial charge on any atom is 0.251 e. The van der Waals surface area contributed by atoms with E-state index in [1.165, 1.54) is 28.6 Å². The van der Waals surface area contributed by atoms with Gasteiger partial charge in [0.05, 0.1) is 22.1 Å². The van der Waals surface area contributed by atoms with Gasteiger partial charge in [0.25, 0.3) is 5.91 Å². The molecule has 0 unspecified atom stereocenters. The highest BCUT2D eigenvalue weighted by Crippen LogP contribution is 2.18. The smallest absolute Gasteiger partial charge is 0.251 e. The van der Waals surface area contributed by atoms with Gasteiger partial charge in [-0.3, -0.25) is 4.79 Å². The summed E-state index contributed by atoms with van der Waals surface area (Å²) in [6.07, 6.45) is 0. The van der Waals surface area contributed by atoms with Gasteiger partial charge in [-0.25, -0.2) is 13.4 Å². The van der Waals surface area contributed by atoms with Crippen LogP contribution in [-0.4, -0.2) is 36.7 Å². The van der Waals surface area contributed by atoms with Gasteiger partial charge >= 0.3 is 0 Å². The number of benzene rings is 1. The molecule has 2 rings (SSSR count). The lowest BCUT2D eigenvalue weighted by Gasteiger charge is -2.18. The van der Waals surface area contributed by atoms with E-state index in [0.29, 0.717) is 25.2 Å². The fraction of sp³-hybridized carbons (Fsp3) is 0.412. The zero-order valence-corrected chi connectivity index (χ0v) is 16.5. The Labute approximate surface area is 153 Å². The van der Waals surface area contributed by atoms with Gasteiger partial charge in [0.15, 0.2) is 0 Å². The third-order valence-corrected chi connectivity index (χ3v) is 7.01. The molecule has 1 aromatic heterocycles. The highest BCUT2D eigenvalue weighted by molar-refractivity contribution is 7.89. The Kier molecular flexibility index (Phi) is 6.31. The van der Waals surface area contributed by atoms with Crippen molar-refractivity contribution in [3.63, 3.8) is 0 Å². The van der Waals surface area contributed by atoms with Gasteiger partial charge in [-0.15, -0.1) is 11.3 Å². The van der Waals surface area contributed by atoms with Crippen LogP contribution in [0.15, 0.2) is 29.2 Å². The van der Waals surface area contributed by atoms with E-state index in [9.17, 15) is 13.2 Å². The van der Waals surface area contributed by atoms with Gasteiger partial charge in [0, 0.05) is 23.5 Å². The van der Waals surface area contributed by atoms with E-state index in [4.69, 9.17) is 0 Å². The molecule has 136 valence electrons. The largest absolute Gasteiger partial charge is 0.347 e. The number of hydrogen-bond donors (Lipinski definition) is 1. The lowest BCUT2D eigenvalue weighted by atomic mass is 10.2. The molecule has 1 N–H and O–H groups in total. The molecule has 0 radical (unpaired) electrons. The standard InChI is InChI=1S/C17H23N3O3S2/c1-5-20(6-2)25(22,23)15-9-7-14(8-10-15)17(21)18-11-16-12(3)19-13(4)24-16/h7-10H,5-6,11H2,1-4H3,(H,18,21). The number of thiazole rings is 1. The van der Waals surface area contributed by atoms with E-state index in [2.05, 4.69) is 10.3 Å². The molecule has 0 aliphatic rings. The fourth-order valence-corrected chi connectivity index (χ4v) is 4.83. The van der Waals surface area contributed by atoms with Crippen molar-refractivity contribution >= 4 is 27.3 Å². The molecule has 25 heavy (non-hydrogen) atoms. The molecule has 8 heteroatoms. The van der Waals surface area contributed by atoms with Gasteiger partial charge in [-0.2, -0.15) is 4.31 Å². The minimum absolute atomic E-state index is 0.196. The van der Waals surface area contributed by atoms with E-state index in [-0.39, 0.29) is 10.8 Å². The minimum atomic E-state index is -3.51. The van der Waals surface area contributed by atoms with Crippen molar-refractivity contribution in [3.05, 3.63) is 45.4 Å². The Balaban J connectivity index is 2.09. The van der Waals surface area contributed by atoms with E-state index < -0.39 is 10.0 Å². The number of amides is 1. The van der Waals surface area contributed by atoms with Gasteiger partial charge in [0.2, 0.25) is 10.0 Å². The quantitative estimate of drug-likeness (QED) is 0.800. The Hall–Kier alpha value is -1.77. The van der Waals surface area contributed by atoms with Crippen molar-refractivity contribution in [2.75, 3.05) is 13.1 Å². The molecule has 1 aromatic carbocycles. The molecule has 6 nitrogen and oxygen atoms in total. The number of hydrogen-bond acceptors (Lipinski definition) is 5. The topological polar surface area (TPSA) is 79.4 Å². The molecular weight excluding hydrogens is 358 g/mol. The number of aromatic nitrogens is 1. The first kappa shape index (κ1) is 19.6. The SMILES string of the molecule is CCN(CC)S(=O)(=O)c1ccc(C(=O)NCc2sc(C)nc2C)cc1. The van der Waals surface area contributed by atoms with Crippen LogP contribution in [0.3, 0.4) is 0 Å². The minimum Gasteiger partial charge on any atom is -0.347 e. The normalized spacial score (nSPS) is 11.7. The molecule has 0 fully saturated rings. The Morgan fingerprint density at radius 3 is 2.24 bits per heavy atom. The highest BCUT2D eigenvalue weighted by Gasteiger charge is 2.21. The van der Waals surface area contributed by atoms with Crippen molar-refractivity contribution in [2.24, 2.45) is 0 Å². The summed E-state index contributed by atoms with van der Waals surface area (Å²) in [5.41, 5.74) is 1.35. The summed E-state index contributed by atoms with van der Waals surface area (Å²) in [6, 6.07) is 6.03. The van der Waals surface area contributed by atoms with E-state index in [0.717, 1.165) is 15.6 Å². The molecule has 2 aromatic rings. The number of nitrogens with zero attached hydrogens (tertiary/aromatic N) is 2. The second-order valence-electron chi connectivity index (χ2n) is 5.54. The van der Waals surface area contributed by atoms with Crippen LogP contribution in [0, 0.1) is 13.8 Å². The van der Waals surface area contributed by atoms with E-state index in [1.54, 1.807) is 25.2 Å². The van der Waals surface area contributed by atoms with Gasteiger partial charge in [0.1, 0.15) is 0 Å². The molecule has 0 saturated heterocycles. The van der Waals surface area contributed by atoms with Crippen LogP contribution >= 0.6 is 11.3 Å². The molecular formula is C17H23N3O3S2. The lowest BCUT2D eigenvalue weighted by Crippen LogP contribution is -2.30. The van der Waals surface area contributed by atoms with Crippen LogP contribution in [0.25, 0.3) is 0 Å². The van der Waals surface area contributed by atoms with Crippen molar-refractivity contribution in [2.45, 2.75) is 39.1 Å². The summed E-state index contributed by atoms with van der Waals surface area (Å²) in [5.74, 6) is -0.239. The molecule has 0 spiro atoms. The summed E-state index contributed by atoms with van der Waals surface area (Å²) in [5, 5.41) is 3.81. The van der Waals surface area contributed by atoms with Crippen molar-refractivity contribution in [1.82, 2.24) is 14.6 Å². The summed E-state index contributed by atoms with van der Waals surface area (Å²) >= 11 is 1.55. The second-order valence-corrected chi connectivity index (χ2v) is 8.76. The summed E-state index contributed by atoms with van der Waals surface area (Å²) < 4.78 is 26.3. The van der Waals surface area contributed by atoms with Crippen LogP contribution < -0.4 is 5.32 Å². The summed E-state index contributed by atoms with van der Waals surface area (Å²) in [4.78, 5) is 17.8. The predicted molar refractivity (Wildman–Crippen MR) is 99.3 cm³/mol. The van der Waals surface area contributed by atoms with Gasteiger partial charge < -0.3 is 5.32 Å². The fourth-order valence-electron chi connectivity index (χ4n) is 2.49. The second kappa shape index (κ2) is 8.07. The first-order valence-electron chi connectivity index (χ1n) is 8.10. The summed E-state index contributed by atoms with van der Waals surface area (Å²) in [6.45, 7) is 8.67. The van der Waals surface area contributed by atoms with Crippen molar-refractivity contribution in [1.29, 1.82) is 0 Å². The number of aryl methyl sites for hydroxylation is 2. The monoisotopic (exact) mass is 381 g/mol. The van der Waals surface area contributed by atoms with Crippen LogP contribution in [0.2, 0.25) is 0 Å². The maximum atomic E-state index is 12.4. The van der Waals surface area contributed by atoms with E-state index in [1.807, 2.05) is 13.8 Å². The lowest BCUT2D eigenvalue weighted by molar-refractivity contribution is 0.0951. The highest BCUT2D eigenvalue weighted by atomic mass is 32.2. The third-order valence-electron chi connectivity index (χ3n) is 3.87. The Morgan fingerprint density at radius 2 is 1.76 bits per heavy atom. The van der Waals surface area contributed by atoms with E-state index >= 15 is 0 Å².